The summed E-state index contributed by atoms with van der Waals surface area (Å²) in [6.45, 7) is 2.38. The number of aryl methyl sites for hydroxylation is 1. The molecule has 2 nitrogen and oxygen atoms in total. The summed E-state index contributed by atoms with van der Waals surface area (Å²) < 4.78 is 0. The lowest BCUT2D eigenvalue weighted by Gasteiger charge is -2.23. The van der Waals surface area contributed by atoms with E-state index in [4.69, 9.17) is 11.3 Å². The smallest absolute Gasteiger partial charge is 0.177 e. The molecule has 94 valence electrons. The highest BCUT2D eigenvalue weighted by atomic mass is 16.6. The average molecular weight is 241 g/mol. The molecule has 1 unspecified atom stereocenters. The lowest BCUT2D eigenvalue weighted by Crippen LogP contribution is -2.14. The van der Waals surface area contributed by atoms with Gasteiger partial charge < -0.3 is 4.84 Å². The van der Waals surface area contributed by atoms with E-state index in [0.717, 1.165) is 18.6 Å². The summed E-state index contributed by atoms with van der Waals surface area (Å²) in [5, 5.41) is 4.14. The Labute approximate surface area is 109 Å². The number of hydrogen-bond acceptors (Lipinski definition) is 2. The summed E-state index contributed by atoms with van der Waals surface area (Å²) in [7, 11) is 0. The van der Waals surface area contributed by atoms with Gasteiger partial charge >= 0.3 is 0 Å². The minimum absolute atomic E-state index is 0.263. The van der Waals surface area contributed by atoms with Crippen molar-refractivity contribution in [3.63, 3.8) is 0 Å². The van der Waals surface area contributed by atoms with Crippen LogP contribution in [-0.4, -0.2) is 12.3 Å². The number of terminal acetylenes is 1. The standard InChI is InChI=1S/C16H19NO/c1-3-11-18-17-16-6-4-5-15(12-16)14-9-7-13(2)8-10-14/h1,7-10,15H,4-6,11-12H2,2H3/b17-16+. The van der Waals surface area contributed by atoms with Gasteiger partial charge in [-0.1, -0.05) is 40.9 Å². The number of rotatable bonds is 3. The molecule has 1 aromatic carbocycles. The van der Waals surface area contributed by atoms with Gasteiger partial charge in [0.2, 0.25) is 0 Å². The SMILES string of the molecule is C#CCO/N=C1\CCCC(c2ccc(C)cc2)C1. The lowest BCUT2D eigenvalue weighted by atomic mass is 9.83. The molecule has 0 heterocycles. The zero-order valence-electron chi connectivity index (χ0n) is 10.9. The molecule has 0 N–H and O–H groups in total. The van der Waals surface area contributed by atoms with Gasteiger partial charge in [0.15, 0.2) is 6.61 Å². The largest absolute Gasteiger partial charge is 0.383 e. The predicted molar refractivity (Wildman–Crippen MR) is 74.6 cm³/mol. The van der Waals surface area contributed by atoms with Crippen LogP contribution in [0.5, 0.6) is 0 Å². The van der Waals surface area contributed by atoms with Gasteiger partial charge in [-0.3, -0.25) is 0 Å². The Bertz CT molecular complexity index is 453. The molecule has 0 aliphatic heterocycles. The van der Waals surface area contributed by atoms with E-state index in [0.29, 0.717) is 5.92 Å². The van der Waals surface area contributed by atoms with Crippen LogP contribution in [0.3, 0.4) is 0 Å². The first kappa shape index (κ1) is 12.7. The maximum atomic E-state index is 5.13. The molecular weight excluding hydrogens is 222 g/mol. The van der Waals surface area contributed by atoms with Crippen LogP contribution >= 0.6 is 0 Å². The third kappa shape index (κ3) is 3.37. The molecule has 1 fully saturated rings. The van der Waals surface area contributed by atoms with Crippen molar-refractivity contribution in [1.82, 2.24) is 0 Å². The fourth-order valence-corrected chi connectivity index (χ4v) is 2.41. The molecule has 1 aliphatic rings. The molecule has 0 spiro atoms. The van der Waals surface area contributed by atoms with E-state index in [2.05, 4.69) is 42.3 Å². The first-order valence-corrected chi connectivity index (χ1v) is 6.47. The summed E-state index contributed by atoms with van der Waals surface area (Å²) >= 11 is 0. The molecule has 2 heteroatoms. The third-order valence-corrected chi connectivity index (χ3v) is 3.39. The molecule has 1 atom stereocenters. The van der Waals surface area contributed by atoms with Crippen molar-refractivity contribution in [2.24, 2.45) is 5.16 Å². The normalized spacial score (nSPS) is 21.6. The molecule has 0 amide bonds. The molecular formula is C16H19NO. The van der Waals surface area contributed by atoms with Gasteiger partial charge in [-0.25, -0.2) is 0 Å². The van der Waals surface area contributed by atoms with Crippen molar-refractivity contribution in [2.75, 3.05) is 6.61 Å². The van der Waals surface area contributed by atoms with Crippen molar-refractivity contribution >= 4 is 5.71 Å². The zero-order chi connectivity index (χ0) is 12.8. The molecule has 1 saturated carbocycles. The number of benzene rings is 1. The molecule has 18 heavy (non-hydrogen) atoms. The second-order valence-electron chi connectivity index (χ2n) is 4.84. The van der Waals surface area contributed by atoms with Crippen LogP contribution < -0.4 is 0 Å². The molecule has 0 bridgehead atoms. The van der Waals surface area contributed by atoms with Crippen LogP contribution in [0.2, 0.25) is 0 Å². The summed E-state index contributed by atoms with van der Waals surface area (Å²) in [6, 6.07) is 8.81. The maximum Gasteiger partial charge on any atom is 0.177 e. The zero-order valence-corrected chi connectivity index (χ0v) is 10.9. The average Bonchev–Trinajstić information content (AvgIpc) is 2.40. The Kier molecular flexibility index (Phi) is 4.41. The quantitative estimate of drug-likeness (QED) is 0.449. The van der Waals surface area contributed by atoms with Gasteiger partial charge in [0.25, 0.3) is 0 Å². The van der Waals surface area contributed by atoms with Crippen LogP contribution in [0.15, 0.2) is 29.4 Å². The topological polar surface area (TPSA) is 21.6 Å². The molecule has 1 aliphatic carbocycles. The summed E-state index contributed by atoms with van der Waals surface area (Å²) in [6.07, 6.45) is 9.57. The van der Waals surface area contributed by atoms with Crippen molar-refractivity contribution < 1.29 is 4.84 Å². The second kappa shape index (κ2) is 6.26. The van der Waals surface area contributed by atoms with Gasteiger partial charge in [0, 0.05) is 0 Å². The highest BCUT2D eigenvalue weighted by Gasteiger charge is 2.20. The van der Waals surface area contributed by atoms with Crippen LogP contribution in [0, 0.1) is 19.3 Å². The first-order chi connectivity index (χ1) is 8.79. The number of nitrogens with zero attached hydrogens (tertiary/aromatic N) is 1. The van der Waals surface area contributed by atoms with E-state index in [-0.39, 0.29) is 6.61 Å². The molecule has 1 aromatic rings. The van der Waals surface area contributed by atoms with Crippen molar-refractivity contribution in [3.05, 3.63) is 35.4 Å². The highest BCUT2D eigenvalue weighted by molar-refractivity contribution is 5.85. The second-order valence-corrected chi connectivity index (χ2v) is 4.84. The van der Waals surface area contributed by atoms with Gasteiger partial charge in [-0.15, -0.1) is 6.42 Å². The summed E-state index contributed by atoms with van der Waals surface area (Å²) in [4.78, 5) is 5.08. The molecule has 0 saturated heterocycles. The van der Waals surface area contributed by atoms with Crippen molar-refractivity contribution in [1.29, 1.82) is 0 Å². The minimum Gasteiger partial charge on any atom is -0.383 e. The molecule has 2 rings (SSSR count). The van der Waals surface area contributed by atoms with Crippen molar-refractivity contribution in [3.8, 4) is 12.3 Å². The Morgan fingerprint density at radius 3 is 2.89 bits per heavy atom. The lowest BCUT2D eigenvalue weighted by molar-refractivity contribution is 0.177. The Balaban J connectivity index is 2.00. The molecule has 0 aromatic heterocycles. The Hall–Kier alpha value is -1.75. The Morgan fingerprint density at radius 1 is 1.39 bits per heavy atom. The van der Waals surface area contributed by atoms with E-state index in [1.54, 1.807) is 0 Å². The fraction of sp³-hybridized carbons (Fsp3) is 0.438. The van der Waals surface area contributed by atoms with Gasteiger partial charge in [-0.05, 0) is 44.1 Å². The van der Waals surface area contributed by atoms with Gasteiger partial charge in [0.1, 0.15) is 0 Å². The Morgan fingerprint density at radius 2 is 2.17 bits per heavy atom. The predicted octanol–water partition coefficient (Wildman–Crippen LogP) is 3.66. The summed E-state index contributed by atoms with van der Waals surface area (Å²) in [5.74, 6) is 3.00. The number of hydrogen-bond donors (Lipinski definition) is 0. The van der Waals surface area contributed by atoms with E-state index < -0.39 is 0 Å². The fourth-order valence-electron chi connectivity index (χ4n) is 2.41. The molecule has 0 radical (unpaired) electrons. The highest BCUT2D eigenvalue weighted by Crippen LogP contribution is 2.31. The third-order valence-electron chi connectivity index (χ3n) is 3.39. The minimum atomic E-state index is 0.263. The van der Waals surface area contributed by atoms with Gasteiger partial charge in [0.05, 0.1) is 5.71 Å². The van der Waals surface area contributed by atoms with Crippen LogP contribution in [0.25, 0.3) is 0 Å². The number of oxime groups is 1. The van der Waals surface area contributed by atoms with Gasteiger partial charge in [-0.2, -0.15) is 0 Å². The van der Waals surface area contributed by atoms with Crippen LogP contribution in [-0.2, 0) is 4.84 Å². The first-order valence-electron chi connectivity index (χ1n) is 6.47. The van der Waals surface area contributed by atoms with Crippen LogP contribution in [0.4, 0.5) is 0 Å². The maximum absolute atomic E-state index is 5.13. The van der Waals surface area contributed by atoms with Crippen LogP contribution in [0.1, 0.15) is 42.7 Å². The summed E-state index contributed by atoms with van der Waals surface area (Å²) in [5.41, 5.74) is 3.85. The van der Waals surface area contributed by atoms with E-state index in [9.17, 15) is 0 Å². The van der Waals surface area contributed by atoms with E-state index >= 15 is 0 Å². The monoisotopic (exact) mass is 241 g/mol. The van der Waals surface area contributed by atoms with Crippen molar-refractivity contribution in [2.45, 2.75) is 38.5 Å². The van der Waals surface area contributed by atoms with E-state index in [1.165, 1.54) is 24.0 Å². The van der Waals surface area contributed by atoms with E-state index in [1.807, 2.05) is 0 Å².